The summed E-state index contributed by atoms with van der Waals surface area (Å²) >= 11 is 7.45. The molecule has 2 aromatic heterocycles. The van der Waals surface area contributed by atoms with Crippen molar-refractivity contribution in [1.29, 1.82) is 0 Å². The SMILES string of the molecule is COc1ccccc1-c1nnc(CSc2nnc(-c3ccccc3Cl)o2)o1. The van der Waals surface area contributed by atoms with E-state index in [0.717, 1.165) is 5.56 Å². The highest BCUT2D eigenvalue weighted by Crippen LogP contribution is 2.31. The molecule has 2 aromatic carbocycles. The lowest BCUT2D eigenvalue weighted by Gasteiger charge is -2.03. The van der Waals surface area contributed by atoms with Crippen molar-refractivity contribution in [3.63, 3.8) is 0 Å². The average molecular weight is 401 g/mol. The molecule has 0 N–H and O–H groups in total. The van der Waals surface area contributed by atoms with Crippen LogP contribution in [-0.4, -0.2) is 27.5 Å². The van der Waals surface area contributed by atoms with Crippen molar-refractivity contribution in [3.05, 3.63) is 59.4 Å². The zero-order valence-corrected chi connectivity index (χ0v) is 15.7. The second-order valence-corrected chi connectivity index (χ2v) is 6.68. The van der Waals surface area contributed by atoms with E-state index < -0.39 is 0 Å². The van der Waals surface area contributed by atoms with Crippen molar-refractivity contribution in [1.82, 2.24) is 20.4 Å². The van der Waals surface area contributed by atoms with Crippen LogP contribution in [0.1, 0.15) is 5.89 Å². The quantitative estimate of drug-likeness (QED) is 0.429. The summed E-state index contributed by atoms with van der Waals surface area (Å²) < 4.78 is 16.7. The minimum Gasteiger partial charge on any atom is -0.496 e. The molecule has 0 spiro atoms. The summed E-state index contributed by atoms with van der Waals surface area (Å²) in [6.07, 6.45) is 0. The maximum atomic E-state index is 6.15. The van der Waals surface area contributed by atoms with Crippen molar-refractivity contribution in [2.45, 2.75) is 11.0 Å². The van der Waals surface area contributed by atoms with Crippen LogP contribution in [0.15, 0.2) is 62.6 Å². The molecule has 0 radical (unpaired) electrons. The number of methoxy groups -OCH3 is 1. The Morgan fingerprint density at radius 3 is 2.41 bits per heavy atom. The van der Waals surface area contributed by atoms with E-state index >= 15 is 0 Å². The highest BCUT2D eigenvalue weighted by molar-refractivity contribution is 7.98. The number of ether oxygens (including phenoxy) is 1. The summed E-state index contributed by atoms with van der Waals surface area (Å²) in [4.78, 5) is 0. The predicted molar refractivity (Wildman–Crippen MR) is 101 cm³/mol. The van der Waals surface area contributed by atoms with Gasteiger partial charge in [-0.05, 0) is 24.3 Å². The Morgan fingerprint density at radius 1 is 0.889 bits per heavy atom. The first-order valence-corrected chi connectivity index (χ1v) is 9.28. The van der Waals surface area contributed by atoms with Gasteiger partial charge in [0.15, 0.2) is 0 Å². The fourth-order valence-electron chi connectivity index (χ4n) is 2.38. The predicted octanol–water partition coefficient (Wildman–Crippen LogP) is 4.74. The standard InChI is InChI=1S/C18H13ClN4O3S/c1-24-14-9-5-3-7-12(14)17-21-20-15(25-17)10-27-18-23-22-16(26-18)11-6-2-4-8-13(11)19/h2-9H,10H2,1H3. The van der Waals surface area contributed by atoms with Gasteiger partial charge in [-0.2, -0.15) is 0 Å². The zero-order chi connectivity index (χ0) is 18.6. The van der Waals surface area contributed by atoms with Crippen LogP contribution in [0.25, 0.3) is 22.9 Å². The molecule has 0 saturated heterocycles. The molecule has 0 aliphatic carbocycles. The van der Waals surface area contributed by atoms with Crippen LogP contribution in [0.3, 0.4) is 0 Å². The molecular weight excluding hydrogens is 388 g/mol. The van der Waals surface area contributed by atoms with Gasteiger partial charge in [0, 0.05) is 0 Å². The van der Waals surface area contributed by atoms with E-state index in [0.29, 0.717) is 45.0 Å². The van der Waals surface area contributed by atoms with E-state index in [-0.39, 0.29) is 0 Å². The first-order valence-electron chi connectivity index (χ1n) is 7.91. The van der Waals surface area contributed by atoms with Gasteiger partial charge in [-0.15, -0.1) is 20.4 Å². The number of benzene rings is 2. The van der Waals surface area contributed by atoms with Gasteiger partial charge >= 0.3 is 0 Å². The largest absolute Gasteiger partial charge is 0.496 e. The molecule has 27 heavy (non-hydrogen) atoms. The molecule has 4 aromatic rings. The van der Waals surface area contributed by atoms with Crippen LogP contribution >= 0.6 is 23.4 Å². The van der Waals surface area contributed by atoms with Crippen molar-refractivity contribution in [3.8, 4) is 28.7 Å². The third kappa shape index (κ3) is 3.81. The van der Waals surface area contributed by atoms with Crippen molar-refractivity contribution < 1.29 is 13.6 Å². The van der Waals surface area contributed by atoms with Crippen LogP contribution in [0.5, 0.6) is 5.75 Å². The Hall–Kier alpha value is -2.84. The summed E-state index contributed by atoms with van der Waals surface area (Å²) in [7, 11) is 1.60. The van der Waals surface area contributed by atoms with E-state index in [1.807, 2.05) is 42.5 Å². The molecule has 0 aliphatic rings. The highest BCUT2D eigenvalue weighted by atomic mass is 35.5. The second kappa shape index (κ2) is 7.81. The molecule has 0 atom stereocenters. The number of hydrogen-bond donors (Lipinski definition) is 0. The lowest BCUT2D eigenvalue weighted by molar-refractivity contribution is 0.413. The van der Waals surface area contributed by atoms with Crippen LogP contribution in [0, 0.1) is 0 Å². The van der Waals surface area contributed by atoms with Gasteiger partial charge in [0.2, 0.25) is 11.8 Å². The van der Waals surface area contributed by atoms with Gasteiger partial charge in [-0.25, -0.2) is 0 Å². The van der Waals surface area contributed by atoms with Gasteiger partial charge in [0.1, 0.15) is 5.75 Å². The first kappa shape index (κ1) is 17.6. The van der Waals surface area contributed by atoms with Gasteiger partial charge < -0.3 is 13.6 Å². The molecule has 4 rings (SSSR count). The van der Waals surface area contributed by atoms with E-state index in [4.69, 9.17) is 25.2 Å². The van der Waals surface area contributed by atoms with E-state index in [1.54, 1.807) is 13.2 Å². The topological polar surface area (TPSA) is 87.1 Å². The fourth-order valence-corrected chi connectivity index (χ4v) is 3.19. The molecule has 0 fully saturated rings. The Labute approximate surface area is 163 Å². The molecule has 2 heterocycles. The number of rotatable bonds is 6. The summed E-state index contributed by atoms with van der Waals surface area (Å²) in [5.41, 5.74) is 1.43. The Bertz CT molecular complexity index is 1070. The highest BCUT2D eigenvalue weighted by Gasteiger charge is 2.15. The number of nitrogens with zero attached hydrogens (tertiary/aromatic N) is 4. The van der Waals surface area contributed by atoms with Gasteiger partial charge in [0.25, 0.3) is 11.1 Å². The molecular formula is C18H13ClN4O3S. The van der Waals surface area contributed by atoms with Gasteiger partial charge in [0.05, 0.1) is 29.0 Å². The third-order valence-electron chi connectivity index (χ3n) is 3.63. The molecule has 136 valence electrons. The summed E-state index contributed by atoms with van der Waals surface area (Å²) in [6.45, 7) is 0. The normalized spacial score (nSPS) is 10.9. The lowest BCUT2D eigenvalue weighted by Crippen LogP contribution is -1.87. The minimum absolute atomic E-state index is 0.364. The van der Waals surface area contributed by atoms with Gasteiger partial charge in [-0.3, -0.25) is 0 Å². The lowest BCUT2D eigenvalue weighted by atomic mass is 10.2. The Balaban J connectivity index is 1.46. The number of thioether (sulfide) groups is 1. The van der Waals surface area contributed by atoms with E-state index in [1.165, 1.54) is 11.8 Å². The third-order valence-corrected chi connectivity index (χ3v) is 4.77. The van der Waals surface area contributed by atoms with Crippen molar-refractivity contribution >= 4 is 23.4 Å². The average Bonchev–Trinajstić information content (AvgIpc) is 3.36. The molecule has 0 unspecified atom stereocenters. The maximum Gasteiger partial charge on any atom is 0.277 e. The molecule has 0 amide bonds. The van der Waals surface area contributed by atoms with E-state index in [2.05, 4.69) is 20.4 Å². The number of halogens is 1. The van der Waals surface area contributed by atoms with Gasteiger partial charge in [-0.1, -0.05) is 47.6 Å². The van der Waals surface area contributed by atoms with Crippen LogP contribution in [0.4, 0.5) is 0 Å². The fraction of sp³-hybridized carbons (Fsp3) is 0.111. The monoisotopic (exact) mass is 400 g/mol. The number of para-hydroxylation sites is 1. The molecule has 0 aliphatic heterocycles. The molecule has 7 nitrogen and oxygen atoms in total. The smallest absolute Gasteiger partial charge is 0.277 e. The van der Waals surface area contributed by atoms with Crippen LogP contribution in [0.2, 0.25) is 5.02 Å². The second-order valence-electron chi connectivity index (χ2n) is 5.34. The zero-order valence-electron chi connectivity index (χ0n) is 14.1. The Kier molecular flexibility index (Phi) is 5.08. The number of hydrogen-bond acceptors (Lipinski definition) is 8. The number of aromatic nitrogens is 4. The molecule has 9 heteroatoms. The van der Waals surface area contributed by atoms with Crippen LogP contribution < -0.4 is 4.74 Å². The Morgan fingerprint density at radius 2 is 1.59 bits per heavy atom. The summed E-state index contributed by atoms with van der Waals surface area (Å²) in [6, 6.07) is 14.7. The van der Waals surface area contributed by atoms with Crippen LogP contribution in [-0.2, 0) is 5.75 Å². The summed E-state index contributed by atoms with van der Waals surface area (Å²) in [5, 5.41) is 17.1. The minimum atomic E-state index is 0.364. The molecule has 0 bridgehead atoms. The van der Waals surface area contributed by atoms with Crippen molar-refractivity contribution in [2.75, 3.05) is 7.11 Å². The molecule has 0 saturated carbocycles. The van der Waals surface area contributed by atoms with E-state index in [9.17, 15) is 0 Å². The summed E-state index contributed by atoms with van der Waals surface area (Å²) in [5.74, 6) is 2.26. The maximum absolute atomic E-state index is 6.15. The van der Waals surface area contributed by atoms with Crippen molar-refractivity contribution in [2.24, 2.45) is 0 Å². The first-order chi connectivity index (χ1) is 13.2.